The molecule has 0 rings (SSSR count). The number of ether oxygens (including phenoxy) is 1. The maximum atomic E-state index is 11.2. The van der Waals surface area contributed by atoms with Crippen LogP contribution in [0.1, 0.15) is 64.7 Å². The third kappa shape index (κ3) is 13.1. The van der Waals surface area contributed by atoms with Gasteiger partial charge in [0.15, 0.2) is 0 Å². The predicted octanol–water partition coefficient (Wildman–Crippen LogP) is 2.51. The summed E-state index contributed by atoms with van der Waals surface area (Å²) in [6.45, 7) is 2.45. The number of hydrogen-bond acceptors (Lipinski definition) is 4. The van der Waals surface area contributed by atoms with Crippen LogP contribution < -0.4 is 0 Å². The van der Waals surface area contributed by atoms with Crippen molar-refractivity contribution >= 4 is 11.9 Å². The molecule has 2 N–H and O–H groups in total. The molecule has 0 heterocycles. The summed E-state index contributed by atoms with van der Waals surface area (Å²) < 4.78 is 4.97. The topological polar surface area (TPSA) is 83.8 Å². The summed E-state index contributed by atoms with van der Waals surface area (Å²) in [6.07, 6.45) is 5.54. The Balaban J connectivity index is 3.33. The summed E-state index contributed by atoms with van der Waals surface area (Å²) in [7, 11) is 0. The lowest BCUT2D eigenvalue weighted by atomic mass is 10.1. The van der Waals surface area contributed by atoms with Crippen molar-refractivity contribution in [3.63, 3.8) is 0 Å². The lowest BCUT2D eigenvalue weighted by Gasteiger charge is -2.09. The number of hydrogen-bond donors (Lipinski definition) is 2. The number of carbonyl (C=O) groups excluding carboxylic acids is 1. The van der Waals surface area contributed by atoms with Crippen LogP contribution in [0.15, 0.2) is 0 Å². The summed E-state index contributed by atoms with van der Waals surface area (Å²) in [5.41, 5.74) is 0. The molecule has 0 amide bonds. The van der Waals surface area contributed by atoms with Gasteiger partial charge in [-0.2, -0.15) is 0 Å². The van der Waals surface area contributed by atoms with Gasteiger partial charge in [-0.25, -0.2) is 0 Å². The van der Waals surface area contributed by atoms with Crippen LogP contribution in [0.25, 0.3) is 0 Å². The lowest BCUT2D eigenvalue weighted by Crippen LogP contribution is -2.09. The highest BCUT2D eigenvalue weighted by Gasteiger charge is 2.06. The number of rotatable bonds is 12. The number of carboxylic acid groups (broad SMARTS) is 1. The van der Waals surface area contributed by atoms with Crippen molar-refractivity contribution in [1.29, 1.82) is 0 Å². The summed E-state index contributed by atoms with van der Waals surface area (Å²) in [6, 6.07) is 0. The van der Waals surface area contributed by atoms with Crippen molar-refractivity contribution in [3.8, 4) is 0 Å². The van der Waals surface area contributed by atoms with Crippen LogP contribution in [0.2, 0.25) is 0 Å². The molecule has 0 aromatic carbocycles. The first-order valence-electron chi connectivity index (χ1n) is 7.11. The third-order valence-corrected chi connectivity index (χ3v) is 2.86. The van der Waals surface area contributed by atoms with Gasteiger partial charge in [-0.1, -0.05) is 19.8 Å². The Morgan fingerprint density at radius 1 is 1.05 bits per heavy atom. The standard InChI is InChI=1S/C14H26O5/c1-2-3-7-12(15)8-4-5-11-19-14(18)10-6-9-13(16)17/h12,15H,2-11H2,1H3,(H,16,17). The van der Waals surface area contributed by atoms with Crippen LogP contribution in [-0.4, -0.2) is 34.9 Å². The fourth-order valence-corrected chi connectivity index (χ4v) is 1.71. The van der Waals surface area contributed by atoms with Crippen molar-refractivity contribution in [2.45, 2.75) is 70.8 Å². The normalized spacial score (nSPS) is 12.1. The molecule has 0 fully saturated rings. The Morgan fingerprint density at radius 2 is 1.74 bits per heavy atom. The quantitative estimate of drug-likeness (QED) is 0.422. The molecule has 1 unspecified atom stereocenters. The Hall–Kier alpha value is -1.10. The minimum Gasteiger partial charge on any atom is -0.481 e. The summed E-state index contributed by atoms with van der Waals surface area (Å²) in [5, 5.41) is 18.0. The first-order valence-corrected chi connectivity index (χ1v) is 7.11. The Morgan fingerprint density at radius 3 is 2.37 bits per heavy atom. The molecule has 0 spiro atoms. The van der Waals surface area contributed by atoms with Gasteiger partial charge >= 0.3 is 11.9 Å². The lowest BCUT2D eigenvalue weighted by molar-refractivity contribution is -0.144. The van der Waals surface area contributed by atoms with Crippen molar-refractivity contribution in [3.05, 3.63) is 0 Å². The summed E-state index contributed by atoms with van der Waals surface area (Å²) >= 11 is 0. The first kappa shape index (κ1) is 17.9. The SMILES string of the molecule is CCCCC(O)CCCCOC(=O)CCCC(=O)O. The molecule has 0 aliphatic rings. The third-order valence-electron chi connectivity index (χ3n) is 2.86. The Kier molecular flexibility index (Phi) is 11.3. The zero-order chi connectivity index (χ0) is 14.5. The highest BCUT2D eigenvalue weighted by atomic mass is 16.5. The van der Waals surface area contributed by atoms with E-state index in [9.17, 15) is 14.7 Å². The maximum absolute atomic E-state index is 11.2. The van der Waals surface area contributed by atoms with Crippen molar-refractivity contribution in [2.75, 3.05) is 6.61 Å². The van der Waals surface area contributed by atoms with Gasteiger partial charge in [-0.05, 0) is 32.1 Å². The zero-order valence-electron chi connectivity index (χ0n) is 11.8. The van der Waals surface area contributed by atoms with Gasteiger partial charge < -0.3 is 14.9 Å². The largest absolute Gasteiger partial charge is 0.481 e. The van der Waals surface area contributed by atoms with Crippen LogP contribution in [0.4, 0.5) is 0 Å². The molecule has 0 radical (unpaired) electrons. The molecule has 112 valence electrons. The molecule has 0 bridgehead atoms. The van der Waals surface area contributed by atoms with Crippen molar-refractivity contribution < 1.29 is 24.5 Å². The van der Waals surface area contributed by atoms with Crippen LogP contribution in [0.3, 0.4) is 0 Å². The number of aliphatic hydroxyl groups is 1. The van der Waals surface area contributed by atoms with E-state index in [1.54, 1.807) is 0 Å². The van der Waals surface area contributed by atoms with E-state index < -0.39 is 5.97 Å². The molecule has 5 heteroatoms. The number of unbranched alkanes of at least 4 members (excludes halogenated alkanes) is 2. The molecule has 0 aliphatic heterocycles. The molecule has 0 saturated heterocycles. The maximum Gasteiger partial charge on any atom is 0.305 e. The van der Waals surface area contributed by atoms with E-state index >= 15 is 0 Å². The predicted molar refractivity (Wildman–Crippen MR) is 71.8 cm³/mol. The molecule has 19 heavy (non-hydrogen) atoms. The molecule has 0 aliphatic carbocycles. The van der Waals surface area contributed by atoms with E-state index in [1.807, 2.05) is 0 Å². The van der Waals surface area contributed by atoms with Gasteiger partial charge in [0.05, 0.1) is 12.7 Å². The molecule has 5 nitrogen and oxygen atoms in total. The second kappa shape index (κ2) is 12.0. The fraction of sp³-hybridized carbons (Fsp3) is 0.857. The van der Waals surface area contributed by atoms with E-state index in [0.717, 1.165) is 38.5 Å². The van der Waals surface area contributed by atoms with E-state index in [-0.39, 0.29) is 24.9 Å². The molecule has 1 atom stereocenters. The zero-order valence-corrected chi connectivity index (χ0v) is 11.8. The smallest absolute Gasteiger partial charge is 0.305 e. The van der Waals surface area contributed by atoms with Crippen LogP contribution in [-0.2, 0) is 14.3 Å². The van der Waals surface area contributed by atoms with Gasteiger partial charge in [0.25, 0.3) is 0 Å². The summed E-state index contributed by atoms with van der Waals surface area (Å²) in [4.78, 5) is 21.4. The van der Waals surface area contributed by atoms with Crippen molar-refractivity contribution in [2.24, 2.45) is 0 Å². The van der Waals surface area contributed by atoms with Gasteiger partial charge in [0.2, 0.25) is 0 Å². The van der Waals surface area contributed by atoms with Gasteiger partial charge in [-0.3, -0.25) is 9.59 Å². The number of esters is 1. The van der Waals surface area contributed by atoms with Gasteiger partial charge in [0.1, 0.15) is 0 Å². The Labute approximate surface area is 115 Å². The first-order chi connectivity index (χ1) is 9.06. The minimum absolute atomic E-state index is 0.00127. The molecular formula is C14H26O5. The fourth-order valence-electron chi connectivity index (χ4n) is 1.71. The molecular weight excluding hydrogens is 248 g/mol. The van der Waals surface area contributed by atoms with E-state index in [1.165, 1.54) is 0 Å². The minimum atomic E-state index is -0.895. The number of aliphatic carboxylic acids is 1. The van der Waals surface area contributed by atoms with E-state index in [0.29, 0.717) is 13.0 Å². The molecule has 0 aromatic heterocycles. The highest BCUT2D eigenvalue weighted by Crippen LogP contribution is 2.08. The van der Waals surface area contributed by atoms with Crippen LogP contribution in [0.5, 0.6) is 0 Å². The van der Waals surface area contributed by atoms with E-state index in [4.69, 9.17) is 9.84 Å². The monoisotopic (exact) mass is 274 g/mol. The second-order valence-corrected chi connectivity index (χ2v) is 4.76. The average Bonchev–Trinajstić information content (AvgIpc) is 2.35. The Bertz CT molecular complexity index is 252. The summed E-state index contributed by atoms with van der Waals surface area (Å²) in [5.74, 6) is -1.23. The average molecular weight is 274 g/mol. The number of carbonyl (C=O) groups is 2. The highest BCUT2D eigenvalue weighted by molar-refractivity contribution is 5.71. The van der Waals surface area contributed by atoms with Crippen LogP contribution in [0, 0.1) is 0 Å². The number of aliphatic hydroxyl groups excluding tert-OH is 1. The van der Waals surface area contributed by atoms with Crippen LogP contribution >= 0.6 is 0 Å². The van der Waals surface area contributed by atoms with Crippen molar-refractivity contribution in [1.82, 2.24) is 0 Å². The molecule has 0 saturated carbocycles. The van der Waals surface area contributed by atoms with Gasteiger partial charge in [-0.15, -0.1) is 0 Å². The van der Waals surface area contributed by atoms with E-state index in [2.05, 4.69) is 6.92 Å². The molecule has 0 aromatic rings. The number of carboxylic acids is 1. The van der Waals surface area contributed by atoms with Gasteiger partial charge in [0, 0.05) is 12.8 Å². The second-order valence-electron chi connectivity index (χ2n) is 4.76.